The van der Waals surface area contributed by atoms with E-state index in [0.29, 0.717) is 13.0 Å². The molecule has 0 spiro atoms. The zero-order valence-electron chi connectivity index (χ0n) is 12.0. The van der Waals surface area contributed by atoms with Gasteiger partial charge in [0.15, 0.2) is 0 Å². The molecule has 0 atom stereocenters. The highest BCUT2D eigenvalue weighted by Gasteiger charge is 2.21. The molecule has 0 aromatic heterocycles. The number of carboxylic acid groups (broad SMARTS) is 1. The van der Waals surface area contributed by atoms with Crippen LogP contribution in [0.25, 0.3) is 0 Å². The van der Waals surface area contributed by atoms with Crippen molar-refractivity contribution in [3.8, 4) is 5.75 Å². The number of aryl methyl sites for hydroxylation is 1. The Hall–Kier alpha value is -1.64. The summed E-state index contributed by atoms with van der Waals surface area (Å²) in [4.78, 5) is 10.8. The average molecular weight is 316 g/mol. The average Bonchev–Trinajstić information content (AvgIpc) is 2.37. The SMILES string of the molecule is CCNCCCNS(=O)(=O)c1cc(C(=O)O)c(O)cc1C. The minimum atomic E-state index is -3.80. The monoisotopic (exact) mass is 316 g/mol. The lowest BCUT2D eigenvalue weighted by Crippen LogP contribution is -2.28. The van der Waals surface area contributed by atoms with Crippen LogP contribution >= 0.6 is 0 Å². The molecule has 0 fully saturated rings. The van der Waals surface area contributed by atoms with Crippen molar-refractivity contribution in [2.45, 2.75) is 25.2 Å². The number of aromatic hydroxyl groups is 1. The summed E-state index contributed by atoms with van der Waals surface area (Å²) in [5, 5.41) is 21.5. The van der Waals surface area contributed by atoms with Gasteiger partial charge in [-0.2, -0.15) is 0 Å². The molecular formula is C13H20N2O5S. The molecular weight excluding hydrogens is 296 g/mol. The third-order valence-electron chi connectivity index (χ3n) is 2.89. The summed E-state index contributed by atoms with van der Waals surface area (Å²) >= 11 is 0. The second kappa shape index (κ2) is 7.39. The number of hydrogen-bond acceptors (Lipinski definition) is 5. The summed E-state index contributed by atoms with van der Waals surface area (Å²) in [6.45, 7) is 5.20. The summed E-state index contributed by atoms with van der Waals surface area (Å²) < 4.78 is 26.7. The maximum Gasteiger partial charge on any atom is 0.339 e. The van der Waals surface area contributed by atoms with Gasteiger partial charge in [-0.1, -0.05) is 6.92 Å². The van der Waals surface area contributed by atoms with E-state index < -0.39 is 27.3 Å². The van der Waals surface area contributed by atoms with Crippen molar-refractivity contribution in [1.82, 2.24) is 10.0 Å². The van der Waals surface area contributed by atoms with Crippen LogP contribution in [0.15, 0.2) is 17.0 Å². The van der Waals surface area contributed by atoms with E-state index in [0.717, 1.165) is 18.7 Å². The Morgan fingerprint density at radius 3 is 2.52 bits per heavy atom. The number of phenols is 1. The number of sulfonamides is 1. The summed E-state index contributed by atoms with van der Waals surface area (Å²) in [6.07, 6.45) is 0.621. The van der Waals surface area contributed by atoms with Crippen LogP contribution in [-0.4, -0.2) is 44.2 Å². The second-order valence-corrected chi connectivity index (χ2v) is 6.28. The molecule has 21 heavy (non-hydrogen) atoms. The minimum absolute atomic E-state index is 0.138. The first-order valence-corrected chi connectivity index (χ1v) is 8.05. The Morgan fingerprint density at radius 1 is 1.29 bits per heavy atom. The predicted molar refractivity (Wildman–Crippen MR) is 78.2 cm³/mol. The molecule has 0 aliphatic carbocycles. The highest BCUT2D eigenvalue weighted by atomic mass is 32.2. The van der Waals surface area contributed by atoms with Crippen LogP contribution in [0, 0.1) is 6.92 Å². The third-order valence-corrected chi connectivity index (χ3v) is 4.49. The smallest absolute Gasteiger partial charge is 0.339 e. The van der Waals surface area contributed by atoms with Crippen LogP contribution in [0.3, 0.4) is 0 Å². The lowest BCUT2D eigenvalue weighted by atomic mass is 10.1. The van der Waals surface area contributed by atoms with E-state index >= 15 is 0 Å². The van der Waals surface area contributed by atoms with Crippen LogP contribution in [-0.2, 0) is 10.0 Å². The van der Waals surface area contributed by atoms with Gasteiger partial charge in [0.05, 0.1) is 4.90 Å². The van der Waals surface area contributed by atoms with Gasteiger partial charge >= 0.3 is 5.97 Å². The Kier molecular flexibility index (Phi) is 6.13. The molecule has 7 nitrogen and oxygen atoms in total. The fourth-order valence-electron chi connectivity index (χ4n) is 1.81. The molecule has 0 radical (unpaired) electrons. The highest BCUT2D eigenvalue weighted by molar-refractivity contribution is 7.89. The number of nitrogens with one attached hydrogen (secondary N) is 2. The number of aromatic carboxylic acids is 1. The molecule has 1 aromatic carbocycles. The molecule has 4 N–H and O–H groups in total. The van der Waals surface area contributed by atoms with Crippen molar-refractivity contribution >= 4 is 16.0 Å². The molecule has 0 unspecified atom stereocenters. The molecule has 1 aromatic rings. The van der Waals surface area contributed by atoms with Crippen molar-refractivity contribution in [1.29, 1.82) is 0 Å². The van der Waals surface area contributed by atoms with E-state index in [1.165, 1.54) is 6.92 Å². The van der Waals surface area contributed by atoms with E-state index in [4.69, 9.17) is 5.11 Å². The fraction of sp³-hybridized carbons (Fsp3) is 0.462. The molecule has 0 aliphatic heterocycles. The van der Waals surface area contributed by atoms with Crippen LogP contribution in [0.4, 0.5) is 0 Å². The maximum absolute atomic E-state index is 12.2. The minimum Gasteiger partial charge on any atom is -0.507 e. The van der Waals surface area contributed by atoms with Gasteiger partial charge in [0.25, 0.3) is 0 Å². The number of rotatable bonds is 8. The lowest BCUT2D eigenvalue weighted by Gasteiger charge is -2.11. The van der Waals surface area contributed by atoms with E-state index in [-0.39, 0.29) is 17.0 Å². The lowest BCUT2D eigenvalue weighted by molar-refractivity contribution is 0.0693. The number of hydrogen-bond donors (Lipinski definition) is 4. The topological polar surface area (TPSA) is 116 Å². The van der Waals surface area contributed by atoms with Gasteiger partial charge < -0.3 is 15.5 Å². The van der Waals surface area contributed by atoms with Crippen molar-refractivity contribution in [3.63, 3.8) is 0 Å². The van der Waals surface area contributed by atoms with Crippen molar-refractivity contribution in [2.24, 2.45) is 0 Å². The van der Waals surface area contributed by atoms with Gasteiger partial charge in [0.1, 0.15) is 11.3 Å². The number of benzene rings is 1. The number of carboxylic acids is 1. The van der Waals surface area contributed by atoms with Crippen molar-refractivity contribution in [2.75, 3.05) is 19.6 Å². The predicted octanol–water partition coefficient (Wildman–Crippen LogP) is 0.677. The molecule has 0 bridgehead atoms. The molecule has 0 aliphatic rings. The van der Waals surface area contributed by atoms with Crippen LogP contribution < -0.4 is 10.0 Å². The van der Waals surface area contributed by atoms with Gasteiger partial charge in [-0.05, 0) is 44.1 Å². The van der Waals surface area contributed by atoms with Gasteiger partial charge in [0, 0.05) is 6.54 Å². The fourth-order valence-corrected chi connectivity index (χ4v) is 3.13. The summed E-state index contributed by atoms with van der Waals surface area (Å²) in [6, 6.07) is 2.11. The Bertz CT molecular complexity index is 613. The van der Waals surface area contributed by atoms with Crippen LogP contribution in [0.2, 0.25) is 0 Å². The van der Waals surface area contributed by atoms with Crippen LogP contribution in [0.5, 0.6) is 5.75 Å². The maximum atomic E-state index is 12.2. The van der Waals surface area contributed by atoms with E-state index in [9.17, 15) is 18.3 Å². The second-order valence-electron chi connectivity index (χ2n) is 4.54. The first-order valence-electron chi connectivity index (χ1n) is 6.57. The molecule has 118 valence electrons. The van der Waals surface area contributed by atoms with E-state index in [1.54, 1.807) is 0 Å². The largest absolute Gasteiger partial charge is 0.507 e. The molecule has 8 heteroatoms. The first kappa shape index (κ1) is 17.4. The van der Waals surface area contributed by atoms with Crippen molar-refractivity contribution < 1.29 is 23.4 Å². The Balaban J connectivity index is 2.92. The molecule has 0 heterocycles. The molecule has 0 saturated carbocycles. The van der Waals surface area contributed by atoms with E-state index in [1.807, 2.05) is 6.92 Å². The molecule has 0 amide bonds. The van der Waals surface area contributed by atoms with Crippen molar-refractivity contribution in [3.05, 3.63) is 23.3 Å². The van der Waals surface area contributed by atoms with Gasteiger partial charge in [-0.3, -0.25) is 0 Å². The molecule has 1 rings (SSSR count). The normalized spacial score (nSPS) is 11.5. The van der Waals surface area contributed by atoms with Gasteiger partial charge in [0.2, 0.25) is 10.0 Å². The first-order chi connectivity index (χ1) is 9.79. The number of carbonyl (C=O) groups is 1. The van der Waals surface area contributed by atoms with Gasteiger partial charge in [-0.15, -0.1) is 0 Å². The summed E-state index contributed by atoms with van der Waals surface area (Å²) in [7, 11) is -3.80. The van der Waals surface area contributed by atoms with E-state index in [2.05, 4.69) is 10.0 Å². The summed E-state index contributed by atoms with van der Waals surface area (Å²) in [5.74, 6) is -1.83. The zero-order valence-corrected chi connectivity index (χ0v) is 12.8. The standard InChI is InChI=1S/C13H20N2O5S/c1-3-14-5-4-6-15-21(19,20)12-8-10(13(17)18)11(16)7-9(12)2/h7-8,14-16H,3-6H2,1-2H3,(H,17,18). The third kappa shape index (κ3) is 4.69. The molecule has 0 saturated heterocycles. The Morgan fingerprint density at radius 2 is 1.95 bits per heavy atom. The highest BCUT2D eigenvalue weighted by Crippen LogP contribution is 2.25. The van der Waals surface area contributed by atoms with Gasteiger partial charge in [-0.25, -0.2) is 17.9 Å². The quantitative estimate of drug-likeness (QED) is 0.524. The summed E-state index contributed by atoms with van der Waals surface area (Å²) in [5.41, 5.74) is -0.148. The Labute approximate surface area is 124 Å². The zero-order chi connectivity index (χ0) is 16.0. The van der Waals surface area contributed by atoms with Crippen LogP contribution in [0.1, 0.15) is 29.3 Å².